The predicted molar refractivity (Wildman–Crippen MR) is 105 cm³/mol. The molecule has 7 heteroatoms. The topological polar surface area (TPSA) is 74.6 Å². The summed E-state index contributed by atoms with van der Waals surface area (Å²) in [6.07, 6.45) is 7.52. The molecule has 2 saturated heterocycles. The molecule has 3 unspecified atom stereocenters. The first-order valence-electron chi connectivity index (χ1n) is 10.1. The van der Waals surface area contributed by atoms with Gasteiger partial charge in [0.25, 0.3) is 0 Å². The van der Waals surface area contributed by atoms with E-state index in [2.05, 4.69) is 10.2 Å². The maximum Gasteiger partial charge on any atom is 0.341 e. The minimum atomic E-state index is -1.27. The van der Waals surface area contributed by atoms with Crippen LogP contribution >= 0.6 is 0 Å². The third-order valence-corrected chi connectivity index (χ3v) is 6.74. The van der Waals surface area contributed by atoms with Gasteiger partial charge in [-0.2, -0.15) is 0 Å². The molecular weight excluding hydrogens is 361 g/mol. The third-order valence-electron chi connectivity index (χ3n) is 6.74. The van der Waals surface area contributed by atoms with Crippen molar-refractivity contribution in [1.29, 1.82) is 0 Å². The Balaban J connectivity index is 1.71. The number of fused-ring (bicyclic) bond motifs is 3. The van der Waals surface area contributed by atoms with Gasteiger partial charge in [0.2, 0.25) is 5.43 Å². The summed E-state index contributed by atoms with van der Waals surface area (Å²) in [5, 5.41) is 12.9. The summed E-state index contributed by atoms with van der Waals surface area (Å²) < 4.78 is 17.1. The average molecular weight is 385 g/mol. The van der Waals surface area contributed by atoms with E-state index < -0.39 is 17.2 Å². The smallest absolute Gasteiger partial charge is 0.341 e. The van der Waals surface area contributed by atoms with Crippen molar-refractivity contribution in [1.82, 2.24) is 9.88 Å². The number of benzene rings is 1. The zero-order valence-electron chi connectivity index (χ0n) is 15.8. The predicted octanol–water partition coefficient (Wildman–Crippen LogP) is 2.89. The first-order chi connectivity index (χ1) is 13.5. The van der Waals surface area contributed by atoms with Crippen molar-refractivity contribution in [2.45, 2.75) is 62.7 Å². The molecule has 1 aromatic heterocycles. The molecule has 1 aliphatic carbocycles. The summed E-state index contributed by atoms with van der Waals surface area (Å²) in [4.78, 5) is 26.4. The van der Waals surface area contributed by atoms with Crippen LogP contribution < -0.4 is 15.6 Å². The molecule has 0 radical (unpaired) electrons. The lowest BCUT2D eigenvalue weighted by Crippen LogP contribution is -2.52. The van der Waals surface area contributed by atoms with Gasteiger partial charge in [-0.05, 0) is 57.7 Å². The first kappa shape index (κ1) is 17.7. The van der Waals surface area contributed by atoms with Crippen molar-refractivity contribution in [3.05, 3.63) is 39.9 Å². The van der Waals surface area contributed by atoms with E-state index in [4.69, 9.17) is 0 Å². The van der Waals surface area contributed by atoms with Crippen LogP contribution in [0.25, 0.3) is 10.9 Å². The number of hydrogen-bond donors (Lipinski definition) is 2. The van der Waals surface area contributed by atoms with Gasteiger partial charge in [-0.3, -0.25) is 4.79 Å². The fourth-order valence-corrected chi connectivity index (χ4v) is 5.23. The molecule has 0 spiro atoms. The number of anilines is 1. The van der Waals surface area contributed by atoms with Crippen LogP contribution in [0.4, 0.5) is 10.1 Å². The second-order valence-corrected chi connectivity index (χ2v) is 8.31. The van der Waals surface area contributed by atoms with Crippen molar-refractivity contribution in [2.75, 3.05) is 11.9 Å². The first-order valence-corrected chi connectivity index (χ1v) is 10.1. The molecule has 0 amide bonds. The van der Waals surface area contributed by atoms with E-state index in [-0.39, 0.29) is 23.0 Å². The van der Waals surface area contributed by atoms with E-state index in [1.165, 1.54) is 12.3 Å². The van der Waals surface area contributed by atoms with Crippen LogP contribution in [-0.2, 0) is 0 Å². The highest BCUT2D eigenvalue weighted by atomic mass is 19.1. The number of carboxylic acid groups (broad SMARTS) is 1. The lowest BCUT2D eigenvalue weighted by atomic mass is 9.96. The largest absolute Gasteiger partial charge is 0.477 e. The Morgan fingerprint density at radius 1 is 1.14 bits per heavy atom. The third kappa shape index (κ3) is 2.56. The van der Waals surface area contributed by atoms with Crippen LogP contribution in [0.15, 0.2) is 23.1 Å². The molecule has 5 rings (SSSR count). The standard InChI is InChI=1S/C21H24FN3O3/c1-23-16-6-4-12-5-7-17(16)25(12)19-9-18-13(8-15(19)22)20(26)14(21(27)28)10-24(18)11-2-3-11/h8-12,16-17,23H,2-7H2,1H3,(H,27,28). The van der Waals surface area contributed by atoms with E-state index in [9.17, 15) is 14.7 Å². The quantitative estimate of drug-likeness (QED) is 0.847. The number of piperidine rings is 1. The van der Waals surface area contributed by atoms with Gasteiger partial charge in [0.05, 0.1) is 11.2 Å². The molecule has 6 nitrogen and oxygen atoms in total. The lowest BCUT2D eigenvalue weighted by molar-refractivity contribution is 0.0695. The molecular formula is C21H24FN3O3. The van der Waals surface area contributed by atoms with E-state index in [0.717, 1.165) is 38.5 Å². The number of likely N-dealkylation sites (N-methyl/N-ethyl adjacent to an activating group) is 1. The number of nitrogens with zero attached hydrogens (tertiary/aromatic N) is 2. The Kier molecular flexibility index (Phi) is 3.98. The molecule has 3 fully saturated rings. The summed E-state index contributed by atoms with van der Waals surface area (Å²) in [7, 11) is 1.95. The van der Waals surface area contributed by atoms with Gasteiger partial charge in [0.15, 0.2) is 0 Å². The van der Waals surface area contributed by atoms with Crippen molar-refractivity contribution < 1.29 is 14.3 Å². The van der Waals surface area contributed by atoms with E-state index in [0.29, 0.717) is 23.3 Å². The summed E-state index contributed by atoms with van der Waals surface area (Å²) in [5.41, 5.74) is 0.274. The van der Waals surface area contributed by atoms with E-state index >= 15 is 4.39 Å². The monoisotopic (exact) mass is 385 g/mol. The van der Waals surface area contributed by atoms with E-state index in [1.807, 2.05) is 11.6 Å². The summed E-state index contributed by atoms with van der Waals surface area (Å²) >= 11 is 0. The SMILES string of the molecule is CNC1CCC2CCC1N2c1cc2c(cc1F)c(=O)c(C(=O)O)cn2C1CC1. The minimum absolute atomic E-state index is 0.155. The van der Waals surface area contributed by atoms with Crippen LogP contribution in [0.3, 0.4) is 0 Å². The molecule has 3 atom stereocenters. The Morgan fingerprint density at radius 3 is 2.54 bits per heavy atom. The second-order valence-electron chi connectivity index (χ2n) is 8.31. The van der Waals surface area contributed by atoms with Crippen molar-refractivity contribution in [3.8, 4) is 0 Å². The number of halogens is 1. The zero-order chi connectivity index (χ0) is 19.6. The fourth-order valence-electron chi connectivity index (χ4n) is 5.23. The van der Waals surface area contributed by atoms with Gasteiger partial charge in [0.1, 0.15) is 11.4 Å². The fraction of sp³-hybridized carbons (Fsp3) is 0.524. The number of rotatable bonds is 4. The average Bonchev–Trinajstić information content (AvgIpc) is 3.47. The number of hydrogen-bond acceptors (Lipinski definition) is 4. The minimum Gasteiger partial charge on any atom is -0.477 e. The van der Waals surface area contributed by atoms with Crippen molar-refractivity contribution >= 4 is 22.6 Å². The van der Waals surface area contributed by atoms with Gasteiger partial charge in [0, 0.05) is 35.8 Å². The Labute approximate surface area is 161 Å². The number of aromatic nitrogens is 1. The molecule has 148 valence electrons. The van der Waals surface area contributed by atoms with Gasteiger partial charge in [-0.25, -0.2) is 9.18 Å². The normalized spacial score (nSPS) is 26.8. The molecule has 2 aromatic rings. The molecule has 28 heavy (non-hydrogen) atoms. The molecule has 2 aliphatic heterocycles. The summed E-state index contributed by atoms with van der Waals surface area (Å²) in [6, 6.07) is 4.10. The van der Waals surface area contributed by atoms with Crippen molar-refractivity contribution in [2.24, 2.45) is 0 Å². The Morgan fingerprint density at radius 2 is 1.86 bits per heavy atom. The molecule has 3 aliphatic rings. The van der Waals surface area contributed by atoms with Gasteiger partial charge in [-0.1, -0.05) is 0 Å². The molecule has 2 bridgehead atoms. The van der Waals surface area contributed by atoms with Gasteiger partial charge in [-0.15, -0.1) is 0 Å². The van der Waals surface area contributed by atoms with Crippen LogP contribution in [-0.4, -0.2) is 40.8 Å². The highest BCUT2D eigenvalue weighted by Crippen LogP contribution is 2.42. The maximum atomic E-state index is 15.2. The lowest BCUT2D eigenvalue weighted by Gasteiger charge is -2.42. The summed E-state index contributed by atoms with van der Waals surface area (Å²) in [6.45, 7) is 0. The van der Waals surface area contributed by atoms with E-state index in [1.54, 1.807) is 6.07 Å². The van der Waals surface area contributed by atoms with Crippen LogP contribution in [0.1, 0.15) is 54.9 Å². The number of nitrogens with one attached hydrogen (secondary N) is 1. The Hall–Kier alpha value is -2.41. The van der Waals surface area contributed by atoms with Crippen LogP contribution in [0.5, 0.6) is 0 Å². The number of carbonyl (C=O) groups is 1. The highest BCUT2D eigenvalue weighted by Gasteiger charge is 2.43. The van der Waals surface area contributed by atoms with Crippen LogP contribution in [0, 0.1) is 5.82 Å². The molecule has 2 N–H and O–H groups in total. The summed E-state index contributed by atoms with van der Waals surface area (Å²) in [5.74, 6) is -1.71. The second kappa shape index (κ2) is 6.30. The molecule has 1 saturated carbocycles. The molecule has 1 aromatic carbocycles. The number of aromatic carboxylic acids is 1. The maximum absolute atomic E-state index is 15.2. The number of pyridine rings is 1. The zero-order valence-corrected chi connectivity index (χ0v) is 15.8. The molecule has 3 heterocycles. The van der Waals surface area contributed by atoms with Crippen molar-refractivity contribution in [3.63, 3.8) is 0 Å². The highest BCUT2D eigenvalue weighted by molar-refractivity contribution is 5.93. The Bertz CT molecular complexity index is 1030. The van der Waals surface area contributed by atoms with Gasteiger partial charge >= 0.3 is 5.97 Å². The van der Waals surface area contributed by atoms with Gasteiger partial charge < -0.3 is 19.9 Å². The van der Waals surface area contributed by atoms with Crippen LogP contribution in [0.2, 0.25) is 0 Å². The number of carboxylic acids is 1.